The van der Waals surface area contributed by atoms with Gasteiger partial charge in [-0.2, -0.15) is 0 Å². The lowest BCUT2D eigenvalue weighted by Gasteiger charge is -2.09. The number of rotatable bonds is 3. The van der Waals surface area contributed by atoms with Crippen LogP contribution in [0.25, 0.3) is 11.0 Å². The van der Waals surface area contributed by atoms with Crippen LogP contribution in [0.5, 0.6) is 0 Å². The summed E-state index contributed by atoms with van der Waals surface area (Å²) in [4.78, 5) is 22.6. The molecule has 1 heterocycles. The number of esters is 1. The summed E-state index contributed by atoms with van der Waals surface area (Å²) in [5, 5.41) is 0.601. The second-order valence-corrected chi connectivity index (χ2v) is 4.59. The summed E-state index contributed by atoms with van der Waals surface area (Å²) >= 11 is 3.40. The highest BCUT2D eigenvalue weighted by Gasteiger charge is 2.20. The van der Waals surface area contributed by atoms with Crippen molar-refractivity contribution in [2.45, 2.75) is 13.3 Å². The molecule has 0 fully saturated rings. The van der Waals surface area contributed by atoms with Crippen molar-refractivity contribution >= 4 is 39.2 Å². The molecule has 0 saturated carbocycles. The number of methoxy groups -OCH3 is 1. The highest BCUT2D eigenvalue weighted by Crippen LogP contribution is 2.32. The van der Waals surface area contributed by atoms with Gasteiger partial charge in [-0.25, -0.2) is 4.79 Å². The van der Waals surface area contributed by atoms with Crippen molar-refractivity contribution in [1.82, 2.24) is 0 Å². The first-order valence-electron chi connectivity index (χ1n) is 5.40. The number of halogens is 1. The first-order valence-corrected chi connectivity index (χ1v) is 6.20. The molecule has 2 aromatic rings. The van der Waals surface area contributed by atoms with Crippen LogP contribution in [0.1, 0.15) is 33.4 Å². The van der Waals surface area contributed by atoms with Gasteiger partial charge < -0.3 is 9.15 Å². The summed E-state index contributed by atoms with van der Waals surface area (Å²) in [5.41, 5.74) is 1.77. The van der Waals surface area contributed by atoms with Crippen LogP contribution in [0.3, 0.4) is 0 Å². The van der Waals surface area contributed by atoms with Crippen molar-refractivity contribution in [3.63, 3.8) is 0 Å². The molecule has 2 rings (SSSR count). The van der Waals surface area contributed by atoms with Crippen molar-refractivity contribution < 1.29 is 18.7 Å². The maximum absolute atomic E-state index is 11.9. The maximum atomic E-state index is 11.9. The van der Waals surface area contributed by atoms with E-state index in [4.69, 9.17) is 9.15 Å². The van der Waals surface area contributed by atoms with Crippen molar-refractivity contribution in [1.29, 1.82) is 0 Å². The number of carbonyl (C=O) groups excluding carboxylic acids is 2. The Balaban J connectivity index is 2.86. The Bertz CT molecular complexity index is 627. The van der Waals surface area contributed by atoms with E-state index in [9.17, 15) is 9.59 Å². The van der Waals surface area contributed by atoms with Gasteiger partial charge in [0.15, 0.2) is 12.0 Å². The number of hydrogen-bond donors (Lipinski definition) is 0. The van der Waals surface area contributed by atoms with E-state index in [0.717, 1.165) is 10.0 Å². The zero-order valence-electron chi connectivity index (χ0n) is 9.95. The molecule has 0 bridgehead atoms. The van der Waals surface area contributed by atoms with Gasteiger partial charge in [0.05, 0.1) is 12.7 Å². The monoisotopic (exact) mass is 310 g/mol. The van der Waals surface area contributed by atoms with Gasteiger partial charge in [0.25, 0.3) is 0 Å². The maximum Gasteiger partial charge on any atom is 0.338 e. The van der Waals surface area contributed by atoms with Crippen LogP contribution >= 0.6 is 15.9 Å². The lowest BCUT2D eigenvalue weighted by molar-refractivity contribution is 0.0601. The predicted molar refractivity (Wildman–Crippen MR) is 70.0 cm³/mol. The number of furan rings is 1. The van der Waals surface area contributed by atoms with Crippen LogP contribution in [-0.4, -0.2) is 19.4 Å². The number of aldehydes is 1. The number of fused-ring (bicyclic) bond motifs is 1. The average molecular weight is 311 g/mol. The number of benzene rings is 1. The Hall–Kier alpha value is -1.62. The van der Waals surface area contributed by atoms with Gasteiger partial charge in [0.1, 0.15) is 5.58 Å². The van der Waals surface area contributed by atoms with Crippen molar-refractivity contribution in [2.24, 2.45) is 0 Å². The summed E-state index contributed by atoms with van der Waals surface area (Å²) in [6.45, 7) is 1.94. The molecule has 94 valence electrons. The molecule has 0 aliphatic carbocycles. The first-order chi connectivity index (χ1) is 8.62. The molecule has 0 amide bonds. The van der Waals surface area contributed by atoms with Gasteiger partial charge in [-0.15, -0.1) is 0 Å². The van der Waals surface area contributed by atoms with Crippen LogP contribution < -0.4 is 0 Å². The lowest BCUT2D eigenvalue weighted by Crippen LogP contribution is -2.06. The zero-order chi connectivity index (χ0) is 13.3. The van der Waals surface area contributed by atoms with Crippen LogP contribution in [0.4, 0.5) is 0 Å². The Morgan fingerprint density at radius 2 is 2.22 bits per heavy atom. The Kier molecular flexibility index (Phi) is 3.52. The molecule has 0 radical (unpaired) electrons. The first kappa shape index (κ1) is 12.8. The largest absolute Gasteiger partial charge is 0.465 e. The Morgan fingerprint density at radius 3 is 2.78 bits per heavy atom. The molecule has 0 unspecified atom stereocenters. The van der Waals surface area contributed by atoms with E-state index < -0.39 is 5.97 Å². The molecule has 0 aliphatic heterocycles. The zero-order valence-corrected chi connectivity index (χ0v) is 11.5. The summed E-state index contributed by atoms with van der Waals surface area (Å²) in [5.74, 6) is -0.244. The molecule has 0 atom stereocenters. The SMILES string of the molecule is CCc1c(Br)cc2oc(C=O)cc2c1C(=O)OC. The van der Waals surface area contributed by atoms with E-state index in [0.29, 0.717) is 29.2 Å². The van der Waals surface area contributed by atoms with Gasteiger partial charge in [-0.3, -0.25) is 4.79 Å². The second kappa shape index (κ2) is 4.94. The fourth-order valence-corrected chi connectivity index (χ4v) is 2.64. The van der Waals surface area contributed by atoms with E-state index in [1.165, 1.54) is 7.11 Å². The van der Waals surface area contributed by atoms with Gasteiger partial charge in [0.2, 0.25) is 0 Å². The van der Waals surface area contributed by atoms with Crippen LogP contribution in [0, 0.1) is 0 Å². The Labute approximate surface area is 112 Å². The highest BCUT2D eigenvalue weighted by molar-refractivity contribution is 9.10. The molecular formula is C13H11BrO4. The smallest absolute Gasteiger partial charge is 0.338 e. The second-order valence-electron chi connectivity index (χ2n) is 3.74. The standard InChI is InChI=1S/C13H11BrO4/c1-3-8-10(14)5-11-9(4-7(6-15)18-11)12(8)13(16)17-2/h4-6H,3H2,1-2H3. The molecule has 0 N–H and O–H groups in total. The number of carbonyl (C=O) groups is 2. The molecule has 0 saturated heterocycles. The van der Waals surface area contributed by atoms with Gasteiger partial charge >= 0.3 is 5.97 Å². The Morgan fingerprint density at radius 1 is 1.50 bits per heavy atom. The number of ether oxygens (including phenoxy) is 1. The van der Waals surface area contributed by atoms with Crippen LogP contribution in [0.2, 0.25) is 0 Å². The fraction of sp³-hybridized carbons (Fsp3) is 0.231. The fourth-order valence-electron chi connectivity index (χ4n) is 1.95. The third kappa shape index (κ3) is 1.95. The topological polar surface area (TPSA) is 56.5 Å². The van der Waals surface area contributed by atoms with E-state index in [1.807, 2.05) is 6.92 Å². The molecule has 4 nitrogen and oxygen atoms in total. The lowest BCUT2D eigenvalue weighted by atomic mass is 10.0. The van der Waals surface area contributed by atoms with E-state index >= 15 is 0 Å². The minimum Gasteiger partial charge on any atom is -0.465 e. The minimum absolute atomic E-state index is 0.190. The van der Waals surface area contributed by atoms with Gasteiger partial charge in [-0.05, 0) is 24.1 Å². The molecule has 5 heteroatoms. The molecule has 1 aromatic heterocycles. The summed E-state index contributed by atoms with van der Waals surface area (Å²) in [6, 6.07) is 3.31. The van der Waals surface area contributed by atoms with Crippen LogP contribution in [-0.2, 0) is 11.2 Å². The summed E-state index contributed by atoms with van der Waals surface area (Å²) in [6.07, 6.45) is 1.28. The van der Waals surface area contributed by atoms with Crippen molar-refractivity contribution in [2.75, 3.05) is 7.11 Å². The third-order valence-electron chi connectivity index (χ3n) is 2.76. The molecular weight excluding hydrogens is 300 g/mol. The summed E-state index contributed by atoms with van der Waals surface area (Å²) < 4.78 is 10.9. The highest BCUT2D eigenvalue weighted by atomic mass is 79.9. The normalized spacial score (nSPS) is 10.6. The van der Waals surface area contributed by atoms with Crippen molar-refractivity contribution in [3.05, 3.63) is 33.5 Å². The van der Waals surface area contributed by atoms with Gasteiger partial charge in [-0.1, -0.05) is 22.9 Å². The van der Waals surface area contributed by atoms with Crippen molar-refractivity contribution in [3.8, 4) is 0 Å². The van der Waals surface area contributed by atoms with E-state index in [2.05, 4.69) is 15.9 Å². The van der Waals surface area contributed by atoms with Gasteiger partial charge in [0, 0.05) is 9.86 Å². The summed E-state index contributed by atoms with van der Waals surface area (Å²) in [7, 11) is 1.33. The average Bonchev–Trinajstić information content (AvgIpc) is 2.78. The predicted octanol–water partition coefficient (Wildman–Crippen LogP) is 3.36. The number of hydrogen-bond acceptors (Lipinski definition) is 4. The molecule has 0 aliphatic rings. The van der Waals surface area contributed by atoms with E-state index in [-0.39, 0.29) is 5.76 Å². The van der Waals surface area contributed by atoms with Crippen LogP contribution in [0.15, 0.2) is 21.0 Å². The molecule has 18 heavy (non-hydrogen) atoms. The minimum atomic E-state index is -0.434. The van der Waals surface area contributed by atoms with E-state index in [1.54, 1.807) is 12.1 Å². The quantitative estimate of drug-likeness (QED) is 0.644. The molecule has 0 spiro atoms. The molecule has 1 aromatic carbocycles. The third-order valence-corrected chi connectivity index (χ3v) is 3.46.